The molecule has 0 aliphatic heterocycles. The van der Waals surface area contributed by atoms with Crippen LogP contribution in [0.25, 0.3) is 0 Å². The first-order valence-corrected chi connectivity index (χ1v) is 4.62. The van der Waals surface area contributed by atoms with E-state index in [0.29, 0.717) is 6.42 Å². The predicted molar refractivity (Wildman–Crippen MR) is 54.2 cm³/mol. The summed E-state index contributed by atoms with van der Waals surface area (Å²) in [7, 11) is 0. The van der Waals surface area contributed by atoms with Crippen LogP contribution in [0.5, 0.6) is 0 Å². The molecule has 0 atom stereocenters. The molecule has 0 saturated carbocycles. The maximum Gasteiger partial charge on any atom is 0.306 e. The van der Waals surface area contributed by atoms with E-state index in [-0.39, 0.29) is 11.6 Å². The van der Waals surface area contributed by atoms with E-state index in [1.807, 2.05) is 26.8 Å². The van der Waals surface area contributed by atoms with E-state index >= 15 is 0 Å². The molecule has 0 amide bonds. The molecule has 2 nitrogen and oxygen atoms in total. The van der Waals surface area contributed by atoms with Crippen LogP contribution in [0.4, 0.5) is 0 Å². The maximum atomic E-state index is 11.2. The average Bonchev–Trinajstić information content (AvgIpc) is 1.94. The van der Waals surface area contributed by atoms with Crippen LogP contribution in [-0.4, -0.2) is 11.6 Å². The van der Waals surface area contributed by atoms with Gasteiger partial charge in [0.2, 0.25) is 0 Å². The van der Waals surface area contributed by atoms with Crippen molar-refractivity contribution in [3.8, 4) is 0 Å². The van der Waals surface area contributed by atoms with Crippen LogP contribution in [0.2, 0.25) is 0 Å². The van der Waals surface area contributed by atoms with Gasteiger partial charge in [-0.3, -0.25) is 4.79 Å². The summed E-state index contributed by atoms with van der Waals surface area (Å²) >= 11 is 0. The number of unbranched alkanes of at least 4 members (excludes halogenated alkanes) is 1. The van der Waals surface area contributed by atoms with Gasteiger partial charge in [0, 0.05) is 6.42 Å². The molecule has 0 aromatic carbocycles. The molecule has 75 valence electrons. The second kappa shape index (κ2) is 5.79. The van der Waals surface area contributed by atoms with Crippen molar-refractivity contribution in [2.45, 2.75) is 45.6 Å². The summed E-state index contributed by atoms with van der Waals surface area (Å²) < 4.78 is 5.14. The second-order valence-electron chi connectivity index (χ2n) is 3.95. The molecule has 0 aliphatic rings. The Morgan fingerprint density at radius 2 is 2.08 bits per heavy atom. The predicted octanol–water partition coefficient (Wildman–Crippen LogP) is 2.89. The monoisotopic (exact) mass is 183 g/mol. The largest absolute Gasteiger partial charge is 0.460 e. The van der Waals surface area contributed by atoms with Gasteiger partial charge < -0.3 is 4.74 Å². The fourth-order valence-electron chi connectivity index (χ4n) is 0.875. The summed E-state index contributed by atoms with van der Waals surface area (Å²) in [5, 5.41) is 0. The van der Waals surface area contributed by atoms with Gasteiger partial charge in [0.05, 0.1) is 0 Å². The Labute approximate surface area is 81.0 Å². The molecule has 0 fully saturated rings. The lowest BCUT2D eigenvalue weighted by molar-refractivity contribution is -0.154. The smallest absolute Gasteiger partial charge is 0.306 e. The molecule has 2 heteroatoms. The van der Waals surface area contributed by atoms with Crippen molar-refractivity contribution in [2.75, 3.05) is 0 Å². The van der Waals surface area contributed by atoms with Crippen molar-refractivity contribution in [2.24, 2.45) is 0 Å². The number of carbonyl (C=O) groups excluding carboxylic acids is 1. The van der Waals surface area contributed by atoms with Crippen molar-refractivity contribution < 1.29 is 9.53 Å². The Bertz CT molecular complexity index is 175. The number of hydrogen-bond donors (Lipinski definition) is 0. The molecule has 0 aromatic rings. The van der Waals surface area contributed by atoms with E-state index in [0.717, 1.165) is 12.8 Å². The molecule has 0 aromatic heterocycles. The zero-order valence-electron chi connectivity index (χ0n) is 8.80. The fourth-order valence-corrected chi connectivity index (χ4v) is 0.875. The van der Waals surface area contributed by atoms with E-state index in [1.165, 1.54) is 0 Å². The Kier molecular flexibility index (Phi) is 5.44. The number of hydrogen-bond acceptors (Lipinski definition) is 2. The third-order valence-corrected chi connectivity index (χ3v) is 1.34. The highest BCUT2D eigenvalue weighted by atomic mass is 16.6. The molecule has 0 aliphatic carbocycles. The van der Waals surface area contributed by atoms with Crippen LogP contribution in [0.1, 0.15) is 40.0 Å². The Balaban J connectivity index is 3.52. The molecule has 0 heterocycles. The minimum absolute atomic E-state index is 0.120. The molecule has 0 rings (SSSR count). The number of ether oxygens (including phenoxy) is 1. The summed E-state index contributed by atoms with van der Waals surface area (Å²) in [6.07, 6.45) is 5.91. The molecular weight excluding hydrogens is 164 g/mol. The highest BCUT2D eigenvalue weighted by molar-refractivity contribution is 5.69. The Morgan fingerprint density at radius 3 is 2.54 bits per heavy atom. The van der Waals surface area contributed by atoms with Crippen LogP contribution >= 0.6 is 0 Å². The van der Waals surface area contributed by atoms with Gasteiger partial charge in [-0.25, -0.2) is 0 Å². The van der Waals surface area contributed by atoms with E-state index in [1.54, 1.807) is 6.08 Å². The minimum atomic E-state index is -0.362. The summed E-state index contributed by atoms with van der Waals surface area (Å²) in [6, 6.07) is 0. The van der Waals surface area contributed by atoms with Crippen LogP contribution < -0.4 is 0 Å². The standard InChI is InChI=1S/C11H19O2/c1-5-6-7-8-9-10(12)13-11(2,3)4/h5-6H,1,7-9H2,2-4H3/b6-5+. The molecule has 0 unspecified atom stereocenters. The molecule has 0 saturated heterocycles. The first kappa shape index (κ1) is 12.2. The zero-order valence-corrected chi connectivity index (χ0v) is 8.80. The minimum Gasteiger partial charge on any atom is -0.460 e. The highest BCUT2D eigenvalue weighted by Crippen LogP contribution is 2.09. The Hall–Kier alpha value is -0.790. The van der Waals surface area contributed by atoms with Crippen molar-refractivity contribution in [3.63, 3.8) is 0 Å². The second-order valence-corrected chi connectivity index (χ2v) is 3.95. The van der Waals surface area contributed by atoms with Crippen molar-refractivity contribution in [1.82, 2.24) is 0 Å². The summed E-state index contributed by atoms with van der Waals surface area (Å²) in [5.41, 5.74) is -0.362. The summed E-state index contributed by atoms with van der Waals surface area (Å²) in [5.74, 6) is -0.120. The van der Waals surface area contributed by atoms with Gasteiger partial charge in [0.25, 0.3) is 0 Å². The maximum absolute atomic E-state index is 11.2. The van der Waals surface area contributed by atoms with Crippen molar-refractivity contribution in [1.29, 1.82) is 0 Å². The first-order chi connectivity index (χ1) is 5.95. The van der Waals surface area contributed by atoms with Gasteiger partial charge in [0.15, 0.2) is 0 Å². The van der Waals surface area contributed by atoms with E-state index < -0.39 is 0 Å². The average molecular weight is 183 g/mol. The van der Waals surface area contributed by atoms with Gasteiger partial charge in [-0.1, -0.05) is 12.2 Å². The molecule has 0 spiro atoms. The van der Waals surface area contributed by atoms with Gasteiger partial charge in [-0.05, 0) is 40.5 Å². The molecular formula is C11H19O2. The molecule has 13 heavy (non-hydrogen) atoms. The number of esters is 1. The normalized spacial score (nSPS) is 12.0. The third kappa shape index (κ3) is 9.12. The molecule has 0 N–H and O–H groups in total. The van der Waals surface area contributed by atoms with Gasteiger partial charge in [-0.2, -0.15) is 0 Å². The quantitative estimate of drug-likeness (QED) is 0.495. The van der Waals surface area contributed by atoms with Crippen molar-refractivity contribution in [3.05, 3.63) is 19.1 Å². The number of rotatable bonds is 4. The topological polar surface area (TPSA) is 26.3 Å². The highest BCUT2D eigenvalue weighted by Gasteiger charge is 2.15. The lowest BCUT2D eigenvalue weighted by Gasteiger charge is -2.19. The SMILES string of the molecule is [CH2]/C=C/CCCC(=O)OC(C)(C)C. The third-order valence-electron chi connectivity index (χ3n) is 1.34. The number of carbonyl (C=O) groups is 1. The molecule has 1 radical (unpaired) electrons. The van der Waals surface area contributed by atoms with E-state index in [4.69, 9.17) is 4.74 Å². The van der Waals surface area contributed by atoms with Gasteiger partial charge in [0.1, 0.15) is 5.60 Å². The van der Waals surface area contributed by atoms with Crippen LogP contribution in [0.3, 0.4) is 0 Å². The fraction of sp³-hybridized carbons (Fsp3) is 0.636. The van der Waals surface area contributed by atoms with Crippen LogP contribution in [-0.2, 0) is 9.53 Å². The Morgan fingerprint density at radius 1 is 1.46 bits per heavy atom. The lowest BCUT2D eigenvalue weighted by atomic mass is 10.2. The van der Waals surface area contributed by atoms with Gasteiger partial charge in [-0.15, -0.1) is 0 Å². The first-order valence-electron chi connectivity index (χ1n) is 4.62. The molecule has 0 bridgehead atoms. The van der Waals surface area contributed by atoms with Gasteiger partial charge >= 0.3 is 5.97 Å². The van der Waals surface area contributed by atoms with Crippen molar-refractivity contribution >= 4 is 5.97 Å². The number of allylic oxidation sites excluding steroid dienone is 2. The van der Waals surface area contributed by atoms with E-state index in [9.17, 15) is 4.79 Å². The summed E-state index contributed by atoms with van der Waals surface area (Å²) in [4.78, 5) is 11.2. The summed E-state index contributed by atoms with van der Waals surface area (Å²) in [6.45, 7) is 9.19. The lowest BCUT2D eigenvalue weighted by Crippen LogP contribution is -2.23. The van der Waals surface area contributed by atoms with E-state index in [2.05, 4.69) is 6.92 Å². The van der Waals surface area contributed by atoms with Crippen LogP contribution in [0, 0.1) is 6.92 Å². The van der Waals surface area contributed by atoms with Crippen LogP contribution in [0.15, 0.2) is 12.2 Å². The zero-order chi connectivity index (χ0) is 10.3.